The van der Waals surface area contributed by atoms with E-state index in [1.54, 1.807) is 4.90 Å². The van der Waals surface area contributed by atoms with Gasteiger partial charge in [0.05, 0.1) is 0 Å². The quantitative estimate of drug-likeness (QED) is 0.477. The van der Waals surface area contributed by atoms with Gasteiger partial charge in [-0.15, -0.1) is 0 Å². The molecular weight excluding hydrogens is 272 g/mol. The van der Waals surface area contributed by atoms with Gasteiger partial charge in [0.2, 0.25) is 5.91 Å². The molecule has 21 heavy (non-hydrogen) atoms. The third-order valence-corrected chi connectivity index (χ3v) is 4.33. The van der Waals surface area contributed by atoms with Crippen LogP contribution >= 0.6 is 0 Å². The summed E-state index contributed by atoms with van der Waals surface area (Å²) in [5.41, 5.74) is 4.63. The summed E-state index contributed by atoms with van der Waals surface area (Å²) in [6.07, 6.45) is 5.52. The van der Waals surface area contributed by atoms with Crippen LogP contribution in [0.3, 0.4) is 0 Å². The molecule has 0 unspecified atom stereocenters. The predicted molar refractivity (Wildman–Crippen MR) is 77.4 cm³/mol. The molecule has 2 aliphatic heterocycles. The number of amides is 4. The Labute approximate surface area is 124 Å². The van der Waals surface area contributed by atoms with Crippen molar-refractivity contribution in [2.24, 2.45) is 5.73 Å². The molecule has 0 radical (unpaired) electrons. The number of rotatable bonds is 6. The van der Waals surface area contributed by atoms with Crippen molar-refractivity contribution in [3.05, 3.63) is 0 Å². The summed E-state index contributed by atoms with van der Waals surface area (Å²) in [6.45, 7) is 1.75. The number of imide groups is 1. The Kier molecular flexibility index (Phi) is 5.17. The van der Waals surface area contributed by atoms with Crippen LogP contribution in [0.15, 0.2) is 0 Å². The molecule has 0 atom stereocenters. The molecule has 0 aliphatic carbocycles. The molecular formula is C14H24N4O3. The molecule has 0 aromatic heterocycles. The van der Waals surface area contributed by atoms with Crippen molar-refractivity contribution in [1.29, 1.82) is 0 Å². The maximum atomic E-state index is 12.1. The van der Waals surface area contributed by atoms with Crippen LogP contribution < -0.4 is 16.4 Å². The lowest BCUT2D eigenvalue weighted by Gasteiger charge is -2.37. The van der Waals surface area contributed by atoms with Crippen LogP contribution in [0.2, 0.25) is 0 Å². The highest BCUT2D eigenvalue weighted by Gasteiger charge is 2.48. The van der Waals surface area contributed by atoms with Crippen molar-refractivity contribution in [2.75, 3.05) is 19.6 Å². The Hall–Kier alpha value is -1.63. The van der Waals surface area contributed by atoms with E-state index in [0.29, 0.717) is 38.9 Å². The molecule has 118 valence electrons. The first-order chi connectivity index (χ1) is 10.1. The molecule has 7 nitrogen and oxygen atoms in total. The number of nitrogens with zero attached hydrogens (tertiary/aromatic N) is 1. The van der Waals surface area contributed by atoms with E-state index in [9.17, 15) is 14.4 Å². The number of carbonyl (C=O) groups excluding carboxylic acids is 3. The van der Waals surface area contributed by atoms with Crippen LogP contribution in [0, 0.1) is 0 Å². The van der Waals surface area contributed by atoms with E-state index in [2.05, 4.69) is 10.6 Å². The largest absolute Gasteiger partial charge is 0.342 e. The molecule has 7 heteroatoms. The van der Waals surface area contributed by atoms with Gasteiger partial charge in [-0.25, -0.2) is 4.79 Å². The van der Waals surface area contributed by atoms with Gasteiger partial charge in [-0.2, -0.15) is 0 Å². The summed E-state index contributed by atoms with van der Waals surface area (Å²) in [5, 5.41) is 4.97. The van der Waals surface area contributed by atoms with Gasteiger partial charge in [-0.1, -0.05) is 12.8 Å². The molecule has 0 aromatic rings. The van der Waals surface area contributed by atoms with Crippen molar-refractivity contribution in [3.8, 4) is 0 Å². The monoisotopic (exact) mass is 296 g/mol. The molecule has 2 saturated heterocycles. The molecule has 0 saturated carbocycles. The fourth-order valence-electron chi connectivity index (χ4n) is 2.95. The Balaban J connectivity index is 1.72. The number of hydrogen-bond donors (Lipinski definition) is 3. The average Bonchev–Trinajstić information content (AvgIpc) is 2.73. The summed E-state index contributed by atoms with van der Waals surface area (Å²) in [6, 6.07) is -0.431. The van der Waals surface area contributed by atoms with Crippen LogP contribution in [-0.2, 0) is 9.59 Å². The summed E-state index contributed by atoms with van der Waals surface area (Å²) in [7, 11) is 0. The van der Waals surface area contributed by atoms with Gasteiger partial charge in [-0.3, -0.25) is 14.9 Å². The number of hydrogen-bond acceptors (Lipinski definition) is 4. The smallest absolute Gasteiger partial charge is 0.322 e. The third kappa shape index (κ3) is 3.72. The SMILES string of the molecule is NCCCCCCC(=O)N1CCC2(CC1)NC(=O)NC2=O. The van der Waals surface area contributed by atoms with Gasteiger partial charge < -0.3 is 16.0 Å². The summed E-state index contributed by atoms with van der Waals surface area (Å²) in [4.78, 5) is 36.9. The number of urea groups is 1. The highest BCUT2D eigenvalue weighted by atomic mass is 16.2. The van der Waals surface area contributed by atoms with Gasteiger partial charge in [0.15, 0.2) is 0 Å². The Bertz CT molecular complexity index is 416. The van der Waals surface area contributed by atoms with Gasteiger partial charge in [0.25, 0.3) is 5.91 Å². The highest BCUT2D eigenvalue weighted by Crippen LogP contribution is 2.26. The lowest BCUT2D eigenvalue weighted by molar-refractivity contribution is -0.135. The topological polar surface area (TPSA) is 105 Å². The second kappa shape index (κ2) is 6.89. The minimum absolute atomic E-state index is 0.141. The maximum absolute atomic E-state index is 12.1. The van der Waals surface area contributed by atoms with Crippen LogP contribution in [0.5, 0.6) is 0 Å². The molecule has 2 rings (SSSR count). The second-order valence-corrected chi connectivity index (χ2v) is 5.82. The predicted octanol–water partition coefficient (Wildman–Crippen LogP) is 0.0962. The molecule has 2 aliphatic rings. The minimum atomic E-state index is -0.797. The lowest BCUT2D eigenvalue weighted by Crippen LogP contribution is -2.55. The molecule has 2 heterocycles. The molecule has 0 aromatic carbocycles. The molecule has 4 N–H and O–H groups in total. The molecule has 2 fully saturated rings. The average molecular weight is 296 g/mol. The summed E-state index contributed by atoms with van der Waals surface area (Å²) in [5.74, 6) is -0.122. The van der Waals surface area contributed by atoms with Crippen LogP contribution in [0.4, 0.5) is 4.79 Å². The van der Waals surface area contributed by atoms with Crippen molar-refractivity contribution >= 4 is 17.8 Å². The zero-order valence-corrected chi connectivity index (χ0v) is 12.3. The molecule has 1 spiro atoms. The minimum Gasteiger partial charge on any atom is -0.342 e. The Morgan fingerprint density at radius 2 is 1.81 bits per heavy atom. The maximum Gasteiger partial charge on any atom is 0.322 e. The van der Waals surface area contributed by atoms with Crippen molar-refractivity contribution in [2.45, 2.75) is 50.5 Å². The van der Waals surface area contributed by atoms with Crippen LogP contribution in [0.25, 0.3) is 0 Å². The number of carbonyl (C=O) groups is 3. The van der Waals surface area contributed by atoms with Crippen LogP contribution in [-0.4, -0.2) is 47.9 Å². The van der Waals surface area contributed by atoms with E-state index in [1.165, 1.54) is 0 Å². The molecule has 4 amide bonds. The third-order valence-electron chi connectivity index (χ3n) is 4.33. The first-order valence-electron chi connectivity index (χ1n) is 7.69. The number of piperidine rings is 1. The lowest BCUT2D eigenvalue weighted by atomic mass is 9.87. The van der Waals surface area contributed by atoms with E-state index in [1.807, 2.05) is 0 Å². The van der Waals surface area contributed by atoms with Gasteiger partial charge in [-0.05, 0) is 32.2 Å². The fraction of sp³-hybridized carbons (Fsp3) is 0.786. The van der Waals surface area contributed by atoms with E-state index < -0.39 is 11.6 Å². The van der Waals surface area contributed by atoms with Gasteiger partial charge in [0, 0.05) is 19.5 Å². The zero-order chi connectivity index (χ0) is 15.3. The fourth-order valence-corrected chi connectivity index (χ4v) is 2.95. The number of nitrogens with two attached hydrogens (primary N) is 1. The number of nitrogens with one attached hydrogen (secondary N) is 2. The van der Waals surface area contributed by atoms with E-state index in [-0.39, 0.29) is 11.8 Å². The summed E-state index contributed by atoms with van der Waals surface area (Å²) < 4.78 is 0. The van der Waals surface area contributed by atoms with Crippen LogP contribution in [0.1, 0.15) is 44.9 Å². The number of likely N-dealkylation sites (tertiary alicyclic amines) is 1. The van der Waals surface area contributed by atoms with Crippen molar-refractivity contribution in [3.63, 3.8) is 0 Å². The first-order valence-corrected chi connectivity index (χ1v) is 7.69. The Morgan fingerprint density at radius 3 is 2.38 bits per heavy atom. The molecule has 0 bridgehead atoms. The van der Waals surface area contributed by atoms with Crippen molar-refractivity contribution in [1.82, 2.24) is 15.5 Å². The van der Waals surface area contributed by atoms with Gasteiger partial charge >= 0.3 is 6.03 Å². The Morgan fingerprint density at radius 1 is 1.14 bits per heavy atom. The zero-order valence-electron chi connectivity index (χ0n) is 12.3. The van der Waals surface area contributed by atoms with E-state index >= 15 is 0 Å². The standard InChI is InChI=1S/C14H24N4O3/c15-8-4-2-1-3-5-11(19)18-9-6-14(7-10-18)12(20)16-13(21)17-14/h1-10,15H2,(H2,16,17,20,21). The van der Waals surface area contributed by atoms with E-state index in [4.69, 9.17) is 5.73 Å². The van der Waals surface area contributed by atoms with Crippen molar-refractivity contribution < 1.29 is 14.4 Å². The normalized spacial score (nSPS) is 20.5. The first kappa shape index (κ1) is 15.8. The van der Waals surface area contributed by atoms with Gasteiger partial charge in [0.1, 0.15) is 5.54 Å². The number of unbranched alkanes of at least 4 members (excludes halogenated alkanes) is 3. The second-order valence-electron chi connectivity index (χ2n) is 5.82. The highest BCUT2D eigenvalue weighted by molar-refractivity contribution is 6.07. The van der Waals surface area contributed by atoms with E-state index in [0.717, 1.165) is 25.7 Å². The summed E-state index contributed by atoms with van der Waals surface area (Å²) >= 11 is 0.